The summed E-state index contributed by atoms with van der Waals surface area (Å²) in [6, 6.07) is 8.90. The van der Waals surface area contributed by atoms with Gasteiger partial charge < -0.3 is 10.4 Å². The Balaban J connectivity index is 2.13. The van der Waals surface area contributed by atoms with Crippen LogP contribution in [0.1, 0.15) is 38.1 Å². The monoisotopic (exact) mass is 301 g/mol. The number of carbonyl (C=O) groups excluding carboxylic acids is 1. The third kappa shape index (κ3) is 3.74. The quantitative estimate of drug-likeness (QED) is 0.862. The summed E-state index contributed by atoms with van der Waals surface area (Å²) < 4.78 is 1.91. The van der Waals surface area contributed by atoms with E-state index in [2.05, 4.69) is 24.3 Å². The number of nitrogens with zero attached hydrogens (tertiary/aromatic N) is 2. The van der Waals surface area contributed by atoms with E-state index in [1.165, 1.54) is 0 Å². The zero-order valence-corrected chi connectivity index (χ0v) is 13.3. The summed E-state index contributed by atoms with van der Waals surface area (Å²) in [6.45, 7) is 7.08. The van der Waals surface area contributed by atoms with Crippen LogP contribution in [0.5, 0.6) is 0 Å². The van der Waals surface area contributed by atoms with Crippen molar-refractivity contribution in [3.8, 4) is 0 Å². The minimum absolute atomic E-state index is 0.440. The van der Waals surface area contributed by atoms with E-state index in [9.17, 15) is 9.90 Å². The van der Waals surface area contributed by atoms with Crippen molar-refractivity contribution < 1.29 is 9.90 Å². The first-order valence-electron chi connectivity index (χ1n) is 7.61. The maximum atomic E-state index is 12.2. The predicted octanol–water partition coefficient (Wildman–Crippen LogP) is 2.77. The van der Waals surface area contributed by atoms with Gasteiger partial charge in [-0.25, -0.2) is 0 Å². The fourth-order valence-corrected chi connectivity index (χ4v) is 2.38. The summed E-state index contributed by atoms with van der Waals surface area (Å²) in [6.07, 6.45) is 1.24. The number of nitrogens with one attached hydrogen (secondary N) is 1. The molecule has 0 radical (unpaired) electrons. The SMILES string of the molecule is CCc1c(NC(=O)C(O)c2ccccc2)cnn1CC(C)C. The molecule has 0 spiro atoms. The third-order valence-corrected chi connectivity index (χ3v) is 3.44. The maximum absolute atomic E-state index is 12.2. The largest absolute Gasteiger partial charge is 0.378 e. The molecule has 2 rings (SSSR count). The molecule has 1 aromatic carbocycles. The number of rotatable bonds is 6. The standard InChI is InChI=1S/C17H23N3O2/c1-4-15-14(10-18-20(15)11-12(2)3)19-17(22)16(21)13-8-6-5-7-9-13/h5-10,12,16,21H,4,11H2,1-3H3,(H,19,22). The second-order valence-electron chi connectivity index (χ2n) is 5.74. The molecule has 118 valence electrons. The molecule has 1 amide bonds. The maximum Gasteiger partial charge on any atom is 0.257 e. The van der Waals surface area contributed by atoms with E-state index in [1.807, 2.05) is 17.7 Å². The lowest BCUT2D eigenvalue weighted by Gasteiger charge is -2.13. The fourth-order valence-electron chi connectivity index (χ4n) is 2.38. The van der Waals surface area contributed by atoms with Crippen LogP contribution in [-0.4, -0.2) is 20.8 Å². The molecule has 22 heavy (non-hydrogen) atoms. The summed E-state index contributed by atoms with van der Waals surface area (Å²) in [5, 5.41) is 17.2. The molecule has 5 nitrogen and oxygen atoms in total. The number of aromatic nitrogens is 2. The van der Waals surface area contributed by atoms with E-state index >= 15 is 0 Å². The first kappa shape index (κ1) is 16.2. The van der Waals surface area contributed by atoms with Crippen molar-refractivity contribution >= 4 is 11.6 Å². The van der Waals surface area contributed by atoms with E-state index in [4.69, 9.17) is 0 Å². The highest BCUT2D eigenvalue weighted by Gasteiger charge is 2.19. The molecule has 1 aromatic heterocycles. The normalized spacial score (nSPS) is 12.4. The van der Waals surface area contributed by atoms with Crippen LogP contribution in [0, 0.1) is 5.92 Å². The highest BCUT2D eigenvalue weighted by atomic mass is 16.3. The lowest BCUT2D eigenvalue weighted by Crippen LogP contribution is -2.21. The molecule has 0 aliphatic heterocycles. The first-order chi connectivity index (χ1) is 10.5. The van der Waals surface area contributed by atoms with Gasteiger partial charge in [-0.2, -0.15) is 5.10 Å². The Morgan fingerprint density at radius 3 is 2.59 bits per heavy atom. The van der Waals surface area contributed by atoms with Gasteiger partial charge in [0.05, 0.1) is 17.6 Å². The molecule has 0 saturated heterocycles. The van der Waals surface area contributed by atoms with Crippen LogP contribution in [0.25, 0.3) is 0 Å². The van der Waals surface area contributed by atoms with Gasteiger partial charge in [0.2, 0.25) is 0 Å². The molecular weight excluding hydrogens is 278 g/mol. The molecule has 0 saturated carbocycles. The topological polar surface area (TPSA) is 67.2 Å². The highest BCUT2D eigenvalue weighted by molar-refractivity contribution is 5.95. The van der Waals surface area contributed by atoms with Gasteiger partial charge in [-0.05, 0) is 17.9 Å². The Morgan fingerprint density at radius 1 is 1.32 bits per heavy atom. The van der Waals surface area contributed by atoms with Gasteiger partial charge in [-0.3, -0.25) is 9.48 Å². The van der Waals surface area contributed by atoms with Crippen LogP contribution in [0.3, 0.4) is 0 Å². The Hall–Kier alpha value is -2.14. The van der Waals surface area contributed by atoms with Crippen molar-refractivity contribution in [2.45, 2.75) is 39.8 Å². The Labute approximate surface area is 131 Å². The van der Waals surface area contributed by atoms with Crippen molar-refractivity contribution in [2.24, 2.45) is 5.92 Å². The van der Waals surface area contributed by atoms with E-state index < -0.39 is 12.0 Å². The van der Waals surface area contributed by atoms with Gasteiger partial charge in [0.25, 0.3) is 5.91 Å². The van der Waals surface area contributed by atoms with Crippen LogP contribution >= 0.6 is 0 Å². The summed E-state index contributed by atoms with van der Waals surface area (Å²) in [5.74, 6) is 0.0358. The molecule has 2 aromatic rings. The zero-order valence-electron chi connectivity index (χ0n) is 13.3. The van der Waals surface area contributed by atoms with Crippen molar-refractivity contribution in [2.75, 3.05) is 5.32 Å². The van der Waals surface area contributed by atoms with Crippen molar-refractivity contribution in [3.63, 3.8) is 0 Å². The second kappa shape index (κ2) is 7.22. The number of aliphatic hydroxyl groups excluding tert-OH is 1. The van der Waals surface area contributed by atoms with Crippen LogP contribution in [0.4, 0.5) is 5.69 Å². The summed E-state index contributed by atoms with van der Waals surface area (Å²) in [4.78, 5) is 12.2. The van der Waals surface area contributed by atoms with E-state index in [0.29, 0.717) is 17.2 Å². The second-order valence-corrected chi connectivity index (χ2v) is 5.74. The number of benzene rings is 1. The van der Waals surface area contributed by atoms with E-state index in [0.717, 1.165) is 18.7 Å². The van der Waals surface area contributed by atoms with Gasteiger partial charge in [0.1, 0.15) is 0 Å². The molecule has 1 atom stereocenters. The number of hydrogen-bond donors (Lipinski definition) is 2. The van der Waals surface area contributed by atoms with E-state index in [1.54, 1.807) is 30.5 Å². The number of hydrogen-bond acceptors (Lipinski definition) is 3. The van der Waals surface area contributed by atoms with Crippen LogP contribution < -0.4 is 5.32 Å². The molecule has 1 unspecified atom stereocenters. The summed E-state index contributed by atoms with van der Waals surface area (Å²) in [7, 11) is 0. The van der Waals surface area contributed by atoms with Crippen molar-refractivity contribution in [1.29, 1.82) is 0 Å². The molecule has 0 fully saturated rings. The minimum atomic E-state index is -1.18. The van der Waals surface area contributed by atoms with Gasteiger partial charge in [-0.15, -0.1) is 0 Å². The molecule has 0 aliphatic rings. The van der Waals surface area contributed by atoms with Gasteiger partial charge >= 0.3 is 0 Å². The van der Waals surface area contributed by atoms with Gasteiger partial charge in [0, 0.05) is 6.54 Å². The number of amides is 1. The average molecular weight is 301 g/mol. The molecular formula is C17H23N3O2. The molecule has 0 bridgehead atoms. The Bertz CT molecular complexity index is 620. The molecule has 5 heteroatoms. The summed E-state index contributed by atoms with van der Waals surface area (Å²) >= 11 is 0. The van der Waals surface area contributed by atoms with Gasteiger partial charge in [-0.1, -0.05) is 51.1 Å². The summed E-state index contributed by atoms with van der Waals surface area (Å²) in [5.41, 5.74) is 2.22. The number of carbonyl (C=O) groups is 1. The zero-order chi connectivity index (χ0) is 16.1. The lowest BCUT2D eigenvalue weighted by atomic mass is 10.1. The first-order valence-corrected chi connectivity index (χ1v) is 7.61. The highest BCUT2D eigenvalue weighted by Crippen LogP contribution is 2.20. The number of anilines is 1. The van der Waals surface area contributed by atoms with Crippen LogP contribution in [0.15, 0.2) is 36.5 Å². The van der Waals surface area contributed by atoms with Crippen LogP contribution in [0.2, 0.25) is 0 Å². The molecule has 2 N–H and O–H groups in total. The average Bonchev–Trinajstić information content (AvgIpc) is 2.88. The minimum Gasteiger partial charge on any atom is -0.378 e. The Kier molecular flexibility index (Phi) is 5.33. The van der Waals surface area contributed by atoms with Gasteiger partial charge in [0.15, 0.2) is 6.10 Å². The third-order valence-electron chi connectivity index (χ3n) is 3.44. The van der Waals surface area contributed by atoms with Crippen molar-refractivity contribution in [1.82, 2.24) is 9.78 Å². The predicted molar refractivity (Wildman–Crippen MR) is 86.5 cm³/mol. The van der Waals surface area contributed by atoms with E-state index in [-0.39, 0.29) is 0 Å². The lowest BCUT2D eigenvalue weighted by molar-refractivity contribution is -0.124. The molecule has 1 heterocycles. The fraction of sp³-hybridized carbons (Fsp3) is 0.412. The Morgan fingerprint density at radius 2 is 2.00 bits per heavy atom. The molecule has 0 aliphatic carbocycles. The smallest absolute Gasteiger partial charge is 0.257 e. The number of aliphatic hydroxyl groups is 1. The van der Waals surface area contributed by atoms with Crippen LogP contribution in [-0.2, 0) is 17.8 Å². The van der Waals surface area contributed by atoms with Crippen molar-refractivity contribution in [3.05, 3.63) is 47.8 Å².